The van der Waals surface area contributed by atoms with Crippen molar-refractivity contribution in [3.8, 4) is 11.5 Å². The lowest BCUT2D eigenvalue weighted by Crippen LogP contribution is -2.35. The van der Waals surface area contributed by atoms with E-state index in [2.05, 4.69) is 5.32 Å². The van der Waals surface area contributed by atoms with E-state index in [1.54, 1.807) is 12.1 Å². The number of nitrogens with zero attached hydrogens (tertiary/aromatic N) is 1. The molecule has 1 aliphatic heterocycles. The number of piperidine rings is 1. The van der Waals surface area contributed by atoms with Gasteiger partial charge in [-0.2, -0.15) is 0 Å². The summed E-state index contributed by atoms with van der Waals surface area (Å²) in [6, 6.07) is 24.6. The van der Waals surface area contributed by atoms with E-state index < -0.39 is 0 Å². The number of nitrogens with one attached hydrogen (secondary N) is 1. The van der Waals surface area contributed by atoms with Crippen LogP contribution in [0.15, 0.2) is 78.9 Å². The second-order valence-corrected chi connectivity index (χ2v) is 8.36. The van der Waals surface area contributed by atoms with Crippen LogP contribution in [-0.2, 0) is 17.9 Å². The number of benzene rings is 3. The van der Waals surface area contributed by atoms with Crippen molar-refractivity contribution >= 4 is 11.8 Å². The van der Waals surface area contributed by atoms with E-state index in [4.69, 9.17) is 9.47 Å². The summed E-state index contributed by atoms with van der Waals surface area (Å²) in [4.78, 5) is 26.9. The largest absolute Gasteiger partial charge is 0.489 e. The number of carbonyl (C=O) groups excluding carboxylic acids is 2. The number of hydrogen-bond acceptors (Lipinski definition) is 4. The van der Waals surface area contributed by atoms with Crippen LogP contribution in [0, 0.1) is 0 Å². The average Bonchev–Trinajstić information content (AvgIpc) is 2.91. The van der Waals surface area contributed by atoms with Crippen molar-refractivity contribution in [1.82, 2.24) is 10.2 Å². The van der Waals surface area contributed by atoms with Crippen LogP contribution in [0.25, 0.3) is 0 Å². The Morgan fingerprint density at radius 2 is 1.44 bits per heavy atom. The summed E-state index contributed by atoms with van der Waals surface area (Å²) in [6.07, 6.45) is 3.31. The van der Waals surface area contributed by atoms with Crippen molar-refractivity contribution in [1.29, 1.82) is 0 Å². The summed E-state index contributed by atoms with van der Waals surface area (Å²) in [5.41, 5.74) is 2.65. The highest BCUT2D eigenvalue weighted by Gasteiger charge is 2.18. The molecule has 0 saturated carbocycles. The van der Waals surface area contributed by atoms with Crippen LogP contribution in [0.3, 0.4) is 0 Å². The Morgan fingerprint density at radius 1 is 0.765 bits per heavy atom. The monoisotopic (exact) mass is 458 g/mol. The average molecular weight is 459 g/mol. The maximum absolute atomic E-state index is 12.7. The predicted molar refractivity (Wildman–Crippen MR) is 131 cm³/mol. The van der Waals surface area contributed by atoms with Crippen LogP contribution in [0.4, 0.5) is 0 Å². The lowest BCUT2D eigenvalue weighted by atomic mass is 10.1. The molecule has 0 bridgehead atoms. The van der Waals surface area contributed by atoms with Crippen LogP contribution in [0.5, 0.6) is 11.5 Å². The minimum atomic E-state index is -0.225. The Bertz CT molecular complexity index is 1080. The summed E-state index contributed by atoms with van der Waals surface area (Å²) >= 11 is 0. The highest BCUT2D eigenvalue weighted by atomic mass is 16.5. The first-order valence-corrected chi connectivity index (χ1v) is 11.7. The zero-order valence-electron chi connectivity index (χ0n) is 19.2. The number of likely N-dealkylation sites (tertiary alicyclic amines) is 1. The van der Waals surface area contributed by atoms with Crippen molar-refractivity contribution in [2.24, 2.45) is 0 Å². The lowest BCUT2D eigenvalue weighted by Gasteiger charge is -2.26. The van der Waals surface area contributed by atoms with Crippen LogP contribution in [0.2, 0.25) is 0 Å². The molecule has 3 aromatic carbocycles. The van der Waals surface area contributed by atoms with E-state index in [1.807, 2.05) is 71.6 Å². The smallest absolute Gasteiger partial charge is 0.258 e. The molecule has 6 heteroatoms. The highest BCUT2D eigenvalue weighted by Crippen LogP contribution is 2.19. The second kappa shape index (κ2) is 11.9. The molecule has 1 aliphatic rings. The number of ether oxygens (including phenoxy) is 2. The van der Waals surface area contributed by atoms with Gasteiger partial charge in [-0.3, -0.25) is 9.59 Å². The molecule has 1 saturated heterocycles. The van der Waals surface area contributed by atoms with Gasteiger partial charge in [0.2, 0.25) is 0 Å². The Hall–Kier alpha value is -3.80. The molecule has 0 aliphatic carbocycles. The van der Waals surface area contributed by atoms with Crippen molar-refractivity contribution < 1.29 is 19.1 Å². The van der Waals surface area contributed by atoms with E-state index in [0.717, 1.165) is 42.8 Å². The van der Waals surface area contributed by atoms with Crippen molar-refractivity contribution in [2.45, 2.75) is 32.4 Å². The highest BCUT2D eigenvalue weighted by molar-refractivity contribution is 5.94. The van der Waals surface area contributed by atoms with Gasteiger partial charge in [0.05, 0.1) is 0 Å². The Labute approximate surface area is 200 Å². The summed E-state index contributed by atoms with van der Waals surface area (Å²) in [7, 11) is 0. The molecule has 0 radical (unpaired) electrons. The minimum absolute atomic E-state index is 0.0624. The number of carbonyl (C=O) groups is 2. The van der Waals surface area contributed by atoms with Crippen molar-refractivity contribution in [3.63, 3.8) is 0 Å². The first-order valence-electron chi connectivity index (χ1n) is 11.7. The molecule has 0 aromatic heterocycles. The molecule has 0 spiro atoms. The molecule has 3 aromatic rings. The maximum atomic E-state index is 12.7. The SMILES string of the molecule is O=C(COc1ccc(OCc2ccccc2)cc1)NCc1cccc(C(=O)N2CCCCC2)c1. The van der Waals surface area contributed by atoms with Gasteiger partial charge in [-0.15, -0.1) is 0 Å². The first-order chi connectivity index (χ1) is 16.7. The fourth-order valence-corrected chi connectivity index (χ4v) is 3.87. The third-order valence-electron chi connectivity index (χ3n) is 5.75. The van der Waals surface area contributed by atoms with Crippen LogP contribution in [0.1, 0.15) is 40.7 Å². The van der Waals surface area contributed by atoms with Gasteiger partial charge in [-0.25, -0.2) is 0 Å². The molecule has 0 unspecified atom stereocenters. The topological polar surface area (TPSA) is 67.9 Å². The Balaban J connectivity index is 1.20. The van der Waals surface area contributed by atoms with Gasteiger partial charge in [0.1, 0.15) is 18.1 Å². The Morgan fingerprint density at radius 3 is 2.18 bits per heavy atom. The summed E-state index contributed by atoms with van der Waals surface area (Å²) in [5.74, 6) is 1.17. The number of rotatable bonds is 9. The van der Waals surface area contributed by atoms with Gasteiger partial charge in [0.25, 0.3) is 11.8 Å². The molecule has 34 heavy (non-hydrogen) atoms. The fraction of sp³-hybridized carbons (Fsp3) is 0.286. The van der Waals surface area contributed by atoms with E-state index in [0.29, 0.717) is 24.5 Å². The summed E-state index contributed by atoms with van der Waals surface area (Å²) < 4.78 is 11.4. The molecule has 0 atom stereocenters. The molecule has 2 amide bonds. The van der Waals surface area contributed by atoms with Gasteiger partial charge in [-0.1, -0.05) is 42.5 Å². The van der Waals surface area contributed by atoms with E-state index in [-0.39, 0.29) is 18.4 Å². The summed E-state index contributed by atoms with van der Waals surface area (Å²) in [5, 5.41) is 2.85. The molecule has 6 nitrogen and oxygen atoms in total. The van der Waals surface area contributed by atoms with Crippen molar-refractivity contribution in [2.75, 3.05) is 19.7 Å². The third kappa shape index (κ3) is 6.85. The fourth-order valence-electron chi connectivity index (χ4n) is 3.87. The molecular formula is C28H30N2O4. The Kier molecular flexibility index (Phi) is 8.17. The van der Waals surface area contributed by atoms with Gasteiger partial charge >= 0.3 is 0 Å². The zero-order chi connectivity index (χ0) is 23.6. The number of hydrogen-bond donors (Lipinski definition) is 1. The molecule has 1 N–H and O–H groups in total. The maximum Gasteiger partial charge on any atom is 0.258 e. The standard InChI is InChI=1S/C28H30N2O4/c31-27(21-34-26-14-12-25(13-15-26)33-20-22-8-3-1-4-9-22)29-19-23-10-7-11-24(18-23)28(32)30-16-5-2-6-17-30/h1,3-4,7-15,18H,2,5-6,16-17,19-21H2,(H,29,31). The minimum Gasteiger partial charge on any atom is -0.489 e. The normalized spacial score (nSPS) is 13.2. The van der Waals surface area contributed by atoms with E-state index in [9.17, 15) is 9.59 Å². The van der Waals surface area contributed by atoms with Gasteiger partial charge in [0.15, 0.2) is 6.61 Å². The van der Waals surface area contributed by atoms with Gasteiger partial charge in [-0.05, 0) is 66.8 Å². The lowest BCUT2D eigenvalue weighted by molar-refractivity contribution is -0.123. The second-order valence-electron chi connectivity index (χ2n) is 8.36. The number of amides is 2. The van der Waals surface area contributed by atoms with Crippen LogP contribution >= 0.6 is 0 Å². The van der Waals surface area contributed by atoms with Crippen molar-refractivity contribution in [3.05, 3.63) is 95.6 Å². The van der Waals surface area contributed by atoms with E-state index in [1.165, 1.54) is 6.42 Å². The molecule has 1 fully saturated rings. The van der Waals surface area contributed by atoms with E-state index >= 15 is 0 Å². The van der Waals surface area contributed by atoms with Crippen LogP contribution in [-0.4, -0.2) is 36.4 Å². The molecule has 176 valence electrons. The summed E-state index contributed by atoms with van der Waals surface area (Å²) in [6.45, 7) is 2.38. The van der Waals surface area contributed by atoms with Gasteiger partial charge in [0, 0.05) is 25.2 Å². The quantitative estimate of drug-likeness (QED) is 0.509. The third-order valence-corrected chi connectivity index (χ3v) is 5.75. The van der Waals surface area contributed by atoms with Gasteiger partial charge < -0.3 is 19.7 Å². The predicted octanol–water partition coefficient (Wildman–Crippen LogP) is 4.59. The zero-order valence-corrected chi connectivity index (χ0v) is 19.2. The first kappa shape index (κ1) is 23.4. The molecular weight excluding hydrogens is 428 g/mol. The molecule has 1 heterocycles. The van der Waals surface area contributed by atoms with Crippen LogP contribution < -0.4 is 14.8 Å². The molecule has 4 rings (SSSR count).